The molecule has 0 saturated carbocycles. The molecule has 1 atom stereocenters. The Kier molecular flexibility index (Phi) is 3.53. The molecule has 5 nitrogen and oxygen atoms in total. The Morgan fingerprint density at radius 3 is 2.84 bits per heavy atom. The van der Waals surface area contributed by atoms with Gasteiger partial charge in [-0.3, -0.25) is 4.79 Å². The zero-order valence-corrected chi connectivity index (χ0v) is 10.3. The van der Waals surface area contributed by atoms with Crippen LogP contribution in [0.25, 0.3) is 0 Å². The predicted octanol–water partition coefficient (Wildman–Crippen LogP) is 1.14. The van der Waals surface area contributed by atoms with Gasteiger partial charge in [0.25, 0.3) is 0 Å². The van der Waals surface area contributed by atoms with Crippen LogP contribution in [0.4, 0.5) is 13.2 Å². The van der Waals surface area contributed by atoms with E-state index in [9.17, 15) is 18.0 Å². The highest BCUT2D eigenvalue weighted by molar-refractivity contribution is 5.84. The van der Waals surface area contributed by atoms with Crippen molar-refractivity contribution in [3.63, 3.8) is 0 Å². The molecule has 2 heterocycles. The van der Waals surface area contributed by atoms with Crippen molar-refractivity contribution in [2.24, 2.45) is 5.41 Å². The smallest absolute Gasteiger partial charge is 0.361 e. The summed E-state index contributed by atoms with van der Waals surface area (Å²) in [6.45, 7) is 1.38. The number of alkyl halides is 3. The minimum absolute atomic E-state index is 0.0754. The van der Waals surface area contributed by atoms with E-state index in [1.54, 1.807) is 13.0 Å². The van der Waals surface area contributed by atoms with Crippen LogP contribution in [0.5, 0.6) is 0 Å². The maximum absolute atomic E-state index is 13.1. The van der Waals surface area contributed by atoms with Crippen molar-refractivity contribution in [1.29, 1.82) is 0 Å². The van der Waals surface area contributed by atoms with Crippen molar-refractivity contribution < 1.29 is 22.5 Å². The normalized spacial score (nSPS) is 23.6. The minimum atomic E-state index is -4.57. The number of aryl methyl sites for hydroxylation is 1. The molecular weight excluding hydrogens is 263 g/mol. The molecule has 8 heteroatoms. The summed E-state index contributed by atoms with van der Waals surface area (Å²) in [5.41, 5.74) is -1.94. The van der Waals surface area contributed by atoms with Crippen molar-refractivity contribution in [2.45, 2.75) is 26.1 Å². The molecule has 1 amide bonds. The van der Waals surface area contributed by atoms with Gasteiger partial charge in [0.1, 0.15) is 11.5 Å². The van der Waals surface area contributed by atoms with Gasteiger partial charge in [0.05, 0.1) is 6.54 Å². The first-order chi connectivity index (χ1) is 8.85. The number of carbonyl (C=O) groups is 1. The summed E-state index contributed by atoms with van der Waals surface area (Å²) in [6.07, 6.45) is -4.82. The second-order valence-corrected chi connectivity index (χ2v) is 4.62. The first-order valence-corrected chi connectivity index (χ1v) is 5.83. The van der Waals surface area contributed by atoms with Crippen LogP contribution in [0.2, 0.25) is 0 Å². The summed E-state index contributed by atoms with van der Waals surface area (Å²) in [5, 5.41) is 8.48. The summed E-state index contributed by atoms with van der Waals surface area (Å²) in [4.78, 5) is 11.9. The van der Waals surface area contributed by atoms with E-state index < -0.39 is 17.5 Å². The Labute approximate surface area is 107 Å². The van der Waals surface area contributed by atoms with Crippen LogP contribution in [-0.2, 0) is 11.3 Å². The number of nitrogens with zero attached hydrogens (tertiary/aromatic N) is 1. The summed E-state index contributed by atoms with van der Waals surface area (Å²) in [7, 11) is 0. The summed E-state index contributed by atoms with van der Waals surface area (Å²) < 4.78 is 44.0. The van der Waals surface area contributed by atoms with Gasteiger partial charge in [-0.25, -0.2) is 0 Å². The number of halogens is 3. The molecule has 1 fully saturated rings. The maximum Gasteiger partial charge on any atom is 0.404 e. The number of hydrogen-bond donors (Lipinski definition) is 2. The molecule has 106 valence electrons. The van der Waals surface area contributed by atoms with E-state index in [1.165, 1.54) is 0 Å². The lowest BCUT2D eigenvalue weighted by molar-refractivity contribution is -0.216. The third kappa shape index (κ3) is 2.58. The molecule has 0 aliphatic carbocycles. The lowest BCUT2D eigenvalue weighted by Crippen LogP contribution is -2.52. The molecule has 0 radical (unpaired) electrons. The SMILES string of the molecule is Cc1cc(CNC(=O)C2(C(F)(F)F)CCNC2)no1. The number of carbonyl (C=O) groups excluding carboxylic acids is 1. The van der Waals surface area contributed by atoms with Gasteiger partial charge in [-0.15, -0.1) is 0 Å². The summed E-state index contributed by atoms with van der Waals surface area (Å²) >= 11 is 0. The topological polar surface area (TPSA) is 67.2 Å². The van der Waals surface area contributed by atoms with E-state index in [0.29, 0.717) is 11.5 Å². The Morgan fingerprint density at radius 1 is 1.63 bits per heavy atom. The number of rotatable bonds is 3. The van der Waals surface area contributed by atoms with Gasteiger partial charge in [-0.05, 0) is 19.9 Å². The number of hydrogen-bond acceptors (Lipinski definition) is 4. The fourth-order valence-electron chi connectivity index (χ4n) is 2.10. The molecule has 1 aromatic heterocycles. The van der Waals surface area contributed by atoms with Gasteiger partial charge < -0.3 is 15.2 Å². The lowest BCUT2D eigenvalue weighted by atomic mass is 9.85. The highest BCUT2D eigenvalue weighted by Gasteiger charge is 2.61. The summed E-state index contributed by atoms with van der Waals surface area (Å²) in [5.74, 6) is -0.483. The Balaban J connectivity index is 2.05. The van der Waals surface area contributed by atoms with Crippen LogP contribution in [-0.4, -0.2) is 30.3 Å². The zero-order valence-electron chi connectivity index (χ0n) is 10.3. The predicted molar refractivity (Wildman–Crippen MR) is 59.1 cm³/mol. The Morgan fingerprint density at radius 2 is 2.37 bits per heavy atom. The number of amides is 1. The van der Waals surface area contributed by atoms with Gasteiger partial charge >= 0.3 is 6.18 Å². The summed E-state index contributed by atoms with van der Waals surface area (Å²) in [6, 6.07) is 1.56. The number of nitrogens with one attached hydrogen (secondary N) is 2. The van der Waals surface area contributed by atoms with Gasteiger partial charge in [0.15, 0.2) is 5.41 Å². The average Bonchev–Trinajstić information content (AvgIpc) is 2.94. The average molecular weight is 277 g/mol. The van der Waals surface area contributed by atoms with Gasteiger partial charge in [-0.1, -0.05) is 5.16 Å². The van der Waals surface area contributed by atoms with Gasteiger partial charge in [0.2, 0.25) is 5.91 Å². The van der Waals surface area contributed by atoms with Crippen LogP contribution in [0.1, 0.15) is 17.9 Å². The molecule has 1 aliphatic heterocycles. The van der Waals surface area contributed by atoms with Crippen LogP contribution in [0.3, 0.4) is 0 Å². The number of aromatic nitrogens is 1. The van der Waals surface area contributed by atoms with Crippen LogP contribution < -0.4 is 10.6 Å². The quantitative estimate of drug-likeness (QED) is 0.869. The monoisotopic (exact) mass is 277 g/mol. The molecule has 1 saturated heterocycles. The molecule has 2 N–H and O–H groups in total. The van der Waals surface area contributed by atoms with Gasteiger partial charge in [-0.2, -0.15) is 13.2 Å². The molecule has 1 aliphatic rings. The van der Waals surface area contributed by atoms with Gasteiger partial charge in [0, 0.05) is 12.6 Å². The largest absolute Gasteiger partial charge is 0.404 e. The van der Waals surface area contributed by atoms with Crippen molar-refractivity contribution in [3.05, 3.63) is 17.5 Å². The fourth-order valence-corrected chi connectivity index (χ4v) is 2.10. The van der Waals surface area contributed by atoms with E-state index in [4.69, 9.17) is 4.52 Å². The van der Waals surface area contributed by atoms with E-state index >= 15 is 0 Å². The Hall–Kier alpha value is -1.57. The highest BCUT2D eigenvalue weighted by Crippen LogP contribution is 2.43. The first kappa shape index (κ1) is 13.9. The molecule has 0 bridgehead atoms. The zero-order chi connectivity index (χ0) is 14.1. The molecule has 0 spiro atoms. The van der Waals surface area contributed by atoms with Crippen LogP contribution in [0, 0.1) is 12.3 Å². The van der Waals surface area contributed by atoms with Crippen LogP contribution in [0.15, 0.2) is 10.6 Å². The maximum atomic E-state index is 13.1. The van der Waals surface area contributed by atoms with E-state index in [1.807, 2.05) is 0 Å². The molecule has 0 aromatic carbocycles. The first-order valence-electron chi connectivity index (χ1n) is 5.83. The van der Waals surface area contributed by atoms with E-state index in [-0.39, 0.29) is 26.1 Å². The third-order valence-electron chi connectivity index (χ3n) is 3.24. The fraction of sp³-hybridized carbons (Fsp3) is 0.636. The molecule has 19 heavy (non-hydrogen) atoms. The second-order valence-electron chi connectivity index (χ2n) is 4.62. The van der Waals surface area contributed by atoms with Crippen molar-refractivity contribution in [1.82, 2.24) is 15.8 Å². The lowest BCUT2D eigenvalue weighted by Gasteiger charge is -2.29. The van der Waals surface area contributed by atoms with Crippen molar-refractivity contribution in [2.75, 3.05) is 13.1 Å². The molecular formula is C11H14F3N3O2. The Bertz CT molecular complexity index is 464. The standard InChI is InChI=1S/C11H14F3N3O2/c1-7-4-8(17-19-7)5-16-9(18)10(11(12,13)14)2-3-15-6-10/h4,15H,2-3,5-6H2,1H3,(H,16,18). The molecule has 2 rings (SSSR count). The van der Waals surface area contributed by atoms with Crippen LogP contribution >= 0.6 is 0 Å². The van der Waals surface area contributed by atoms with Crippen molar-refractivity contribution >= 4 is 5.91 Å². The minimum Gasteiger partial charge on any atom is -0.361 e. The highest BCUT2D eigenvalue weighted by atomic mass is 19.4. The second kappa shape index (κ2) is 4.84. The van der Waals surface area contributed by atoms with Crippen molar-refractivity contribution in [3.8, 4) is 0 Å². The van der Waals surface area contributed by atoms with E-state index in [0.717, 1.165) is 0 Å². The third-order valence-corrected chi connectivity index (χ3v) is 3.24. The molecule has 1 aromatic rings. The molecule has 1 unspecified atom stereocenters. The van der Waals surface area contributed by atoms with E-state index in [2.05, 4.69) is 15.8 Å².